The molecule has 0 saturated carbocycles. The first-order chi connectivity index (χ1) is 15.2. The number of hydrogen-bond donors (Lipinski definition) is 1. The molecule has 2 aromatic carbocycles. The molecular weight excluding hydrogens is 412 g/mol. The molecule has 0 bridgehead atoms. The molecule has 5 rings (SSSR count). The van der Waals surface area contributed by atoms with Crippen molar-refractivity contribution >= 4 is 17.5 Å². The molecule has 0 unspecified atom stereocenters. The standard InChI is InChI=1S/C25H29ClN2O3/c26-22-7-3-1-5-18(22)13-27-25(29)20-15-28(14-17-9-11-30-12-10-17)24-19-6-2-4-8-23(19)31-16-21(20)24/h1-8,17,20-21,24H,9-16H2,(H,27,29)/t20-,21+,24+/m1/s1. The summed E-state index contributed by atoms with van der Waals surface area (Å²) < 4.78 is 11.6. The molecule has 2 saturated heterocycles. The highest BCUT2D eigenvalue weighted by Crippen LogP contribution is 2.47. The molecule has 2 aromatic rings. The number of fused-ring (bicyclic) bond motifs is 3. The van der Waals surface area contributed by atoms with Gasteiger partial charge in [0.1, 0.15) is 5.75 Å². The minimum atomic E-state index is -0.0966. The van der Waals surface area contributed by atoms with Crippen LogP contribution in [0.3, 0.4) is 0 Å². The summed E-state index contributed by atoms with van der Waals surface area (Å²) in [4.78, 5) is 15.8. The summed E-state index contributed by atoms with van der Waals surface area (Å²) in [7, 11) is 0. The lowest BCUT2D eigenvalue weighted by atomic mass is 9.84. The molecule has 0 radical (unpaired) electrons. The van der Waals surface area contributed by atoms with E-state index >= 15 is 0 Å². The number of ether oxygens (including phenoxy) is 2. The normalized spacial score (nSPS) is 26.0. The number of carbonyl (C=O) groups is 1. The van der Waals surface area contributed by atoms with Crippen molar-refractivity contribution in [2.45, 2.75) is 25.4 Å². The van der Waals surface area contributed by atoms with Crippen molar-refractivity contribution in [1.82, 2.24) is 10.2 Å². The number of likely N-dealkylation sites (tertiary alicyclic amines) is 1. The van der Waals surface area contributed by atoms with E-state index in [1.54, 1.807) is 0 Å². The summed E-state index contributed by atoms with van der Waals surface area (Å²) in [6.07, 6.45) is 2.19. The van der Waals surface area contributed by atoms with E-state index in [-0.39, 0.29) is 23.8 Å². The summed E-state index contributed by atoms with van der Waals surface area (Å²) in [5, 5.41) is 3.82. The first kappa shape index (κ1) is 20.8. The van der Waals surface area contributed by atoms with Gasteiger partial charge in [-0.2, -0.15) is 0 Å². The van der Waals surface area contributed by atoms with Crippen LogP contribution >= 0.6 is 11.6 Å². The Labute approximate surface area is 188 Å². The van der Waals surface area contributed by atoms with Gasteiger partial charge in [0.2, 0.25) is 5.91 Å². The fourth-order valence-corrected chi connectivity index (χ4v) is 5.55. The van der Waals surface area contributed by atoms with Crippen LogP contribution in [0.2, 0.25) is 5.02 Å². The van der Waals surface area contributed by atoms with Crippen LogP contribution in [0.4, 0.5) is 0 Å². The largest absolute Gasteiger partial charge is 0.493 e. The van der Waals surface area contributed by atoms with Crippen molar-refractivity contribution in [3.8, 4) is 5.75 Å². The SMILES string of the molecule is O=C(NCc1ccccc1Cl)[C@@H]1CN(CC2CCOCC2)[C@H]2c3ccccc3OC[C@@H]12. The molecule has 1 amide bonds. The van der Waals surface area contributed by atoms with Crippen molar-refractivity contribution in [3.63, 3.8) is 0 Å². The van der Waals surface area contributed by atoms with E-state index in [2.05, 4.69) is 22.3 Å². The molecular formula is C25H29ClN2O3. The van der Waals surface area contributed by atoms with Gasteiger partial charge in [0.15, 0.2) is 0 Å². The quantitative estimate of drug-likeness (QED) is 0.761. The minimum absolute atomic E-state index is 0.0902. The molecule has 3 aliphatic heterocycles. The molecule has 5 nitrogen and oxygen atoms in total. The van der Waals surface area contributed by atoms with Gasteiger partial charge in [-0.3, -0.25) is 9.69 Å². The first-order valence-corrected chi connectivity index (χ1v) is 11.6. The Morgan fingerprint density at radius 1 is 1.10 bits per heavy atom. The topological polar surface area (TPSA) is 50.8 Å². The zero-order valence-corrected chi connectivity index (χ0v) is 18.4. The van der Waals surface area contributed by atoms with Crippen LogP contribution < -0.4 is 10.1 Å². The van der Waals surface area contributed by atoms with Gasteiger partial charge >= 0.3 is 0 Å². The molecule has 3 atom stereocenters. The van der Waals surface area contributed by atoms with E-state index in [1.807, 2.05) is 36.4 Å². The van der Waals surface area contributed by atoms with Crippen LogP contribution in [-0.4, -0.2) is 43.7 Å². The highest BCUT2D eigenvalue weighted by Gasteiger charge is 2.49. The van der Waals surface area contributed by atoms with Gasteiger partial charge in [-0.05, 0) is 36.5 Å². The maximum Gasteiger partial charge on any atom is 0.225 e. The highest BCUT2D eigenvalue weighted by molar-refractivity contribution is 6.31. The molecule has 0 aromatic heterocycles. The van der Waals surface area contributed by atoms with E-state index < -0.39 is 0 Å². The van der Waals surface area contributed by atoms with Crippen LogP contribution in [0, 0.1) is 17.8 Å². The second-order valence-corrected chi connectivity index (χ2v) is 9.29. The molecule has 2 fully saturated rings. The third-order valence-electron chi connectivity index (χ3n) is 7.00. The lowest BCUT2D eigenvalue weighted by Crippen LogP contribution is -2.38. The number of hydrogen-bond acceptors (Lipinski definition) is 4. The maximum atomic E-state index is 13.3. The Bertz CT molecular complexity index is 930. The Morgan fingerprint density at radius 2 is 1.87 bits per heavy atom. The van der Waals surface area contributed by atoms with Gasteiger partial charge in [0, 0.05) is 55.4 Å². The van der Waals surface area contributed by atoms with Gasteiger partial charge in [0.05, 0.1) is 12.5 Å². The minimum Gasteiger partial charge on any atom is -0.493 e. The van der Waals surface area contributed by atoms with Crippen molar-refractivity contribution in [2.24, 2.45) is 17.8 Å². The van der Waals surface area contributed by atoms with Gasteiger partial charge < -0.3 is 14.8 Å². The second-order valence-electron chi connectivity index (χ2n) is 8.88. The van der Waals surface area contributed by atoms with Gasteiger partial charge in [-0.15, -0.1) is 0 Å². The van der Waals surface area contributed by atoms with Gasteiger partial charge in [-0.1, -0.05) is 48.0 Å². The van der Waals surface area contributed by atoms with E-state index in [0.29, 0.717) is 24.1 Å². The van der Waals surface area contributed by atoms with E-state index in [0.717, 1.165) is 50.5 Å². The van der Waals surface area contributed by atoms with E-state index in [9.17, 15) is 4.79 Å². The number of halogens is 1. The van der Waals surface area contributed by atoms with Crippen LogP contribution in [0.15, 0.2) is 48.5 Å². The molecule has 1 N–H and O–H groups in total. The summed E-state index contributed by atoms with van der Waals surface area (Å²) in [5.74, 6) is 1.72. The number of amides is 1. The summed E-state index contributed by atoms with van der Waals surface area (Å²) in [6.45, 7) is 4.48. The van der Waals surface area contributed by atoms with E-state index in [4.69, 9.17) is 21.1 Å². The Hall–Kier alpha value is -2.08. The number of nitrogens with one attached hydrogen (secondary N) is 1. The third-order valence-corrected chi connectivity index (χ3v) is 7.37. The lowest BCUT2D eigenvalue weighted by Gasteiger charge is -2.36. The van der Waals surface area contributed by atoms with Crippen LogP contribution in [0.25, 0.3) is 0 Å². The van der Waals surface area contributed by atoms with Crippen LogP contribution in [0.1, 0.15) is 30.0 Å². The fraction of sp³-hybridized carbons (Fsp3) is 0.480. The summed E-state index contributed by atoms with van der Waals surface area (Å²) in [6, 6.07) is 16.2. The van der Waals surface area contributed by atoms with Crippen molar-refractivity contribution in [1.29, 1.82) is 0 Å². The third kappa shape index (κ3) is 4.32. The number of nitrogens with zero attached hydrogens (tertiary/aromatic N) is 1. The lowest BCUT2D eigenvalue weighted by molar-refractivity contribution is -0.126. The second kappa shape index (κ2) is 9.19. The predicted octanol–water partition coefficient (Wildman–Crippen LogP) is 4.06. The first-order valence-electron chi connectivity index (χ1n) is 11.3. The predicted molar refractivity (Wildman–Crippen MR) is 120 cm³/mol. The Kier molecular flexibility index (Phi) is 6.17. The average molecular weight is 441 g/mol. The summed E-state index contributed by atoms with van der Waals surface area (Å²) in [5.41, 5.74) is 2.16. The van der Waals surface area contributed by atoms with Crippen LogP contribution in [-0.2, 0) is 16.1 Å². The molecule has 0 aliphatic carbocycles. The van der Waals surface area contributed by atoms with Gasteiger partial charge in [-0.25, -0.2) is 0 Å². The molecule has 0 spiro atoms. The van der Waals surface area contributed by atoms with Crippen molar-refractivity contribution in [3.05, 3.63) is 64.7 Å². The number of benzene rings is 2. The Balaban J connectivity index is 1.35. The van der Waals surface area contributed by atoms with Crippen LogP contribution in [0.5, 0.6) is 5.75 Å². The molecule has 164 valence electrons. The molecule has 31 heavy (non-hydrogen) atoms. The summed E-state index contributed by atoms with van der Waals surface area (Å²) >= 11 is 6.28. The number of rotatable bonds is 5. The number of carbonyl (C=O) groups excluding carboxylic acids is 1. The zero-order valence-electron chi connectivity index (χ0n) is 17.6. The van der Waals surface area contributed by atoms with Gasteiger partial charge in [0.25, 0.3) is 0 Å². The monoisotopic (exact) mass is 440 g/mol. The highest BCUT2D eigenvalue weighted by atomic mass is 35.5. The average Bonchev–Trinajstić information content (AvgIpc) is 3.18. The number of para-hydroxylation sites is 1. The van der Waals surface area contributed by atoms with Crippen molar-refractivity contribution < 1.29 is 14.3 Å². The Morgan fingerprint density at radius 3 is 2.71 bits per heavy atom. The zero-order chi connectivity index (χ0) is 21.2. The molecule has 3 heterocycles. The molecule has 3 aliphatic rings. The van der Waals surface area contributed by atoms with Crippen molar-refractivity contribution in [2.75, 3.05) is 32.9 Å². The van der Waals surface area contributed by atoms with E-state index in [1.165, 1.54) is 5.56 Å². The smallest absolute Gasteiger partial charge is 0.225 e. The molecule has 6 heteroatoms. The fourth-order valence-electron chi connectivity index (χ4n) is 5.35. The maximum absolute atomic E-state index is 13.3.